The Morgan fingerprint density at radius 2 is 1.12 bits per heavy atom. The van der Waals surface area contributed by atoms with Crippen LogP contribution in [-0.2, 0) is 0 Å². The predicted octanol–water partition coefficient (Wildman–Crippen LogP) is 11.3. The van der Waals surface area contributed by atoms with E-state index in [1.165, 1.54) is 53.1 Å². The molecule has 0 aliphatic carbocycles. The highest BCUT2D eigenvalue weighted by Gasteiger charge is 2.22. The number of benzene rings is 7. The number of nitrogens with one attached hydrogen (secondary N) is 1. The molecule has 1 aliphatic rings. The molecule has 5 heteroatoms. The lowest BCUT2D eigenvalue weighted by atomic mass is 10.0. The fraction of sp³-hybridized carbons (Fsp3) is 0.0222. The van der Waals surface area contributed by atoms with Crippen LogP contribution in [0.2, 0.25) is 0 Å². The van der Waals surface area contributed by atoms with Crippen LogP contribution in [0.5, 0.6) is 0 Å². The number of hydrogen-bond acceptors (Lipinski definition) is 4. The first-order chi connectivity index (χ1) is 24.8. The maximum atomic E-state index is 5.16. The molecule has 10 rings (SSSR count). The second-order valence-corrected chi connectivity index (χ2v) is 13.8. The molecule has 0 saturated carbocycles. The van der Waals surface area contributed by atoms with E-state index < -0.39 is 0 Å². The summed E-state index contributed by atoms with van der Waals surface area (Å²) >= 11 is 1.86. The van der Waals surface area contributed by atoms with Crippen molar-refractivity contribution in [3.8, 4) is 16.8 Å². The number of amidine groups is 2. The van der Waals surface area contributed by atoms with Gasteiger partial charge in [0.05, 0.1) is 11.0 Å². The molecule has 0 saturated heterocycles. The second-order valence-electron chi connectivity index (χ2n) is 12.7. The van der Waals surface area contributed by atoms with Crippen molar-refractivity contribution in [2.75, 3.05) is 0 Å². The Morgan fingerprint density at radius 3 is 1.90 bits per heavy atom. The fourth-order valence-corrected chi connectivity index (χ4v) is 8.33. The van der Waals surface area contributed by atoms with Crippen LogP contribution in [0.1, 0.15) is 22.9 Å². The minimum Gasteiger partial charge on any atom is -0.344 e. The van der Waals surface area contributed by atoms with Crippen LogP contribution in [0, 0.1) is 0 Å². The smallest absolute Gasteiger partial charge is 0.159 e. The topological polar surface area (TPSA) is 41.7 Å². The second kappa shape index (κ2) is 11.7. The number of hydrogen-bond donors (Lipinski definition) is 1. The number of rotatable bonds is 5. The minimum absolute atomic E-state index is 0.275. The van der Waals surface area contributed by atoms with E-state index in [2.05, 4.69) is 155 Å². The van der Waals surface area contributed by atoms with Gasteiger partial charge in [-0.15, -0.1) is 11.3 Å². The molecule has 9 aromatic rings. The van der Waals surface area contributed by atoms with Crippen LogP contribution in [0.25, 0.3) is 58.8 Å². The number of aromatic nitrogens is 1. The fourth-order valence-electron chi connectivity index (χ4n) is 7.21. The molecule has 50 heavy (non-hydrogen) atoms. The normalized spacial score (nSPS) is 14.6. The predicted molar refractivity (Wildman–Crippen MR) is 211 cm³/mol. The molecular formula is C45H30N4S. The van der Waals surface area contributed by atoms with Gasteiger partial charge in [-0.3, -0.25) is 0 Å². The zero-order valence-corrected chi connectivity index (χ0v) is 27.8. The van der Waals surface area contributed by atoms with Crippen LogP contribution in [0.4, 0.5) is 0 Å². The van der Waals surface area contributed by atoms with E-state index in [9.17, 15) is 0 Å². The Kier molecular flexibility index (Phi) is 6.71. The molecule has 0 fully saturated rings. The van der Waals surface area contributed by atoms with Crippen molar-refractivity contribution in [1.29, 1.82) is 0 Å². The Hall–Kier alpha value is -6.30. The van der Waals surface area contributed by atoms with Gasteiger partial charge < -0.3 is 9.88 Å². The van der Waals surface area contributed by atoms with Gasteiger partial charge in [-0.2, -0.15) is 0 Å². The highest BCUT2D eigenvalue weighted by atomic mass is 32.1. The van der Waals surface area contributed by atoms with Crippen LogP contribution >= 0.6 is 11.3 Å². The first kappa shape index (κ1) is 28.7. The Bertz CT molecular complexity index is 2760. The maximum Gasteiger partial charge on any atom is 0.159 e. The largest absolute Gasteiger partial charge is 0.344 e. The third-order valence-corrected chi connectivity index (χ3v) is 10.8. The van der Waals surface area contributed by atoms with Crippen LogP contribution in [0.15, 0.2) is 180 Å². The van der Waals surface area contributed by atoms with Crippen molar-refractivity contribution < 1.29 is 0 Å². The third-order valence-electron chi connectivity index (χ3n) is 9.68. The standard InChI is InChI=1S/C45H30N4S/c1-3-11-29(12-4-1)30-19-21-32(22-20-30)44-46-43(31-13-5-2-6-14-31)47-45(48-44)33-23-25-34(26-24-33)49-39-17-9-7-15-35(39)37-27-38-36-16-8-10-18-41(36)50-42(38)28-40(37)49/h1-28,44H,(H,46,47,48). The Labute approximate surface area is 293 Å². The van der Waals surface area contributed by atoms with Gasteiger partial charge >= 0.3 is 0 Å². The SMILES string of the molecule is c1ccc(C2=NC(c3ccc(-n4c5ccccc5c5cc6c(cc54)sc4ccccc46)cc3)=NC(c3ccc(-c4ccccc4)cc3)N2)cc1. The summed E-state index contributed by atoms with van der Waals surface area (Å²) in [6, 6.07) is 60.3. The van der Waals surface area contributed by atoms with Gasteiger partial charge in [-0.05, 0) is 65.2 Å². The molecule has 1 N–H and O–H groups in total. The summed E-state index contributed by atoms with van der Waals surface area (Å²) in [4.78, 5) is 10.2. The summed E-state index contributed by atoms with van der Waals surface area (Å²) in [6.07, 6.45) is -0.275. The van der Waals surface area contributed by atoms with Crippen molar-refractivity contribution >= 4 is 65.0 Å². The average molecular weight is 659 g/mol. The Balaban J connectivity index is 1.06. The summed E-state index contributed by atoms with van der Waals surface area (Å²) in [7, 11) is 0. The van der Waals surface area contributed by atoms with E-state index in [-0.39, 0.29) is 6.17 Å². The van der Waals surface area contributed by atoms with Crippen molar-refractivity contribution in [2.45, 2.75) is 6.17 Å². The van der Waals surface area contributed by atoms with Gasteiger partial charge in [0, 0.05) is 47.8 Å². The molecular weight excluding hydrogens is 629 g/mol. The monoisotopic (exact) mass is 658 g/mol. The molecule has 0 amide bonds. The average Bonchev–Trinajstić information content (AvgIpc) is 3.72. The van der Waals surface area contributed by atoms with Gasteiger partial charge in [0.25, 0.3) is 0 Å². The van der Waals surface area contributed by atoms with Crippen molar-refractivity contribution in [1.82, 2.24) is 9.88 Å². The number of fused-ring (bicyclic) bond motifs is 6. The molecule has 0 spiro atoms. The lowest BCUT2D eigenvalue weighted by molar-refractivity contribution is 0.674. The molecule has 236 valence electrons. The van der Waals surface area contributed by atoms with Gasteiger partial charge in [0.2, 0.25) is 0 Å². The van der Waals surface area contributed by atoms with Crippen LogP contribution < -0.4 is 5.32 Å². The molecule has 1 unspecified atom stereocenters. The molecule has 4 nitrogen and oxygen atoms in total. The lowest BCUT2D eigenvalue weighted by Gasteiger charge is -2.24. The zero-order valence-electron chi connectivity index (χ0n) is 27.0. The van der Waals surface area contributed by atoms with Gasteiger partial charge in [0.15, 0.2) is 5.84 Å². The maximum absolute atomic E-state index is 5.16. The van der Waals surface area contributed by atoms with Gasteiger partial charge in [0.1, 0.15) is 12.0 Å². The van der Waals surface area contributed by atoms with Crippen molar-refractivity contribution in [3.63, 3.8) is 0 Å². The summed E-state index contributed by atoms with van der Waals surface area (Å²) in [6.45, 7) is 0. The zero-order chi connectivity index (χ0) is 33.0. The quantitative estimate of drug-likeness (QED) is 0.196. The van der Waals surface area contributed by atoms with Gasteiger partial charge in [-0.25, -0.2) is 9.98 Å². The van der Waals surface area contributed by atoms with E-state index >= 15 is 0 Å². The summed E-state index contributed by atoms with van der Waals surface area (Å²) in [5.41, 5.74) is 8.97. The number of aliphatic imine (C=N–C) groups is 2. The summed E-state index contributed by atoms with van der Waals surface area (Å²) in [5, 5.41) is 8.76. The summed E-state index contributed by atoms with van der Waals surface area (Å²) in [5.74, 6) is 1.52. The summed E-state index contributed by atoms with van der Waals surface area (Å²) < 4.78 is 5.01. The van der Waals surface area contributed by atoms with E-state index in [0.717, 1.165) is 28.2 Å². The molecule has 1 atom stereocenters. The molecule has 2 aromatic heterocycles. The first-order valence-corrected chi connectivity index (χ1v) is 17.7. The number of thiophene rings is 1. The highest BCUT2D eigenvalue weighted by molar-refractivity contribution is 7.25. The Morgan fingerprint density at radius 1 is 0.480 bits per heavy atom. The van der Waals surface area contributed by atoms with Gasteiger partial charge in [-0.1, -0.05) is 121 Å². The van der Waals surface area contributed by atoms with Crippen molar-refractivity contribution in [2.24, 2.45) is 9.98 Å². The molecule has 3 heterocycles. The first-order valence-electron chi connectivity index (χ1n) is 16.9. The molecule has 7 aromatic carbocycles. The highest BCUT2D eigenvalue weighted by Crippen LogP contribution is 2.40. The molecule has 1 aliphatic heterocycles. The van der Waals surface area contributed by atoms with E-state index in [0.29, 0.717) is 5.84 Å². The lowest BCUT2D eigenvalue weighted by Crippen LogP contribution is -2.33. The van der Waals surface area contributed by atoms with Crippen molar-refractivity contribution in [3.05, 3.63) is 187 Å². The minimum atomic E-state index is -0.275. The number of nitrogens with zero attached hydrogens (tertiary/aromatic N) is 3. The number of para-hydroxylation sites is 1. The van der Waals surface area contributed by atoms with E-state index in [4.69, 9.17) is 9.98 Å². The van der Waals surface area contributed by atoms with Crippen LogP contribution in [0.3, 0.4) is 0 Å². The van der Waals surface area contributed by atoms with E-state index in [1.807, 2.05) is 35.6 Å². The molecule has 0 bridgehead atoms. The van der Waals surface area contributed by atoms with Crippen LogP contribution in [-0.4, -0.2) is 16.2 Å². The van der Waals surface area contributed by atoms with E-state index in [1.54, 1.807) is 0 Å². The molecule has 0 radical (unpaired) electrons. The third kappa shape index (κ3) is 4.82.